The number of aromatic nitrogens is 2. The summed E-state index contributed by atoms with van der Waals surface area (Å²) in [6, 6.07) is 15.3. The zero-order valence-electron chi connectivity index (χ0n) is 21.2. The molecule has 2 amide bonds. The summed E-state index contributed by atoms with van der Waals surface area (Å²) in [5.74, 6) is 0.815. The first-order chi connectivity index (χ1) is 18.0. The maximum atomic E-state index is 13.6. The first-order valence-corrected chi connectivity index (χ1v) is 12.5. The van der Waals surface area contributed by atoms with Crippen molar-refractivity contribution in [2.75, 3.05) is 64.9 Å². The van der Waals surface area contributed by atoms with Gasteiger partial charge in [0.25, 0.3) is 11.8 Å². The molecule has 0 bridgehead atoms. The number of rotatable bonds is 8. The van der Waals surface area contributed by atoms with E-state index in [2.05, 4.69) is 21.0 Å². The van der Waals surface area contributed by atoms with Gasteiger partial charge >= 0.3 is 0 Å². The molecule has 1 fully saturated rings. The lowest BCUT2D eigenvalue weighted by Crippen LogP contribution is -2.50. The Morgan fingerprint density at radius 1 is 0.946 bits per heavy atom. The molecule has 2 aromatic carbocycles. The number of ether oxygens (including phenoxy) is 2. The maximum Gasteiger partial charge on any atom is 0.272 e. The second-order valence-electron chi connectivity index (χ2n) is 9.19. The lowest BCUT2D eigenvalue weighted by molar-refractivity contribution is 0.0707. The van der Waals surface area contributed by atoms with Crippen molar-refractivity contribution in [2.24, 2.45) is 5.73 Å². The third-order valence-electron chi connectivity index (χ3n) is 7.14. The van der Waals surface area contributed by atoms with Crippen LogP contribution in [-0.2, 0) is 6.42 Å². The molecule has 1 aromatic heterocycles. The third kappa shape index (κ3) is 4.84. The second kappa shape index (κ2) is 10.5. The maximum absolute atomic E-state index is 13.6. The van der Waals surface area contributed by atoms with Crippen molar-refractivity contribution in [1.29, 1.82) is 0 Å². The minimum atomic E-state index is -0.627. The summed E-state index contributed by atoms with van der Waals surface area (Å²) >= 11 is 0. The zero-order chi connectivity index (χ0) is 25.9. The summed E-state index contributed by atoms with van der Waals surface area (Å²) in [5, 5.41) is 4.43. The van der Waals surface area contributed by atoms with Crippen LogP contribution in [0.1, 0.15) is 26.5 Å². The standard InChI is InChI=1S/C27H32N6O4/c1-36-20-9-7-19(8-10-20)33-25-21(24(29-33)26(28)34)11-12-32(27(25)35)18-15-30-13-16-31(17-14-30)22-5-3-4-6-23(22)37-2/h3-10H,11-18H2,1-2H3,(H2,28,34). The van der Waals surface area contributed by atoms with E-state index in [9.17, 15) is 9.59 Å². The van der Waals surface area contributed by atoms with Crippen LogP contribution >= 0.6 is 0 Å². The minimum absolute atomic E-state index is 0.135. The number of primary amides is 1. The predicted molar refractivity (Wildman–Crippen MR) is 140 cm³/mol. The number of nitrogens with two attached hydrogens (primary N) is 1. The molecule has 5 rings (SSSR count). The van der Waals surface area contributed by atoms with Gasteiger partial charge in [-0.1, -0.05) is 12.1 Å². The molecule has 1 saturated heterocycles. The zero-order valence-corrected chi connectivity index (χ0v) is 21.2. The first kappa shape index (κ1) is 24.6. The number of piperazine rings is 1. The largest absolute Gasteiger partial charge is 0.497 e. The lowest BCUT2D eigenvalue weighted by Gasteiger charge is -2.37. The van der Waals surface area contributed by atoms with E-state index in [4.69, 9.17) is 15.2 Å². The van der Waals surface area contributed by atoms with Crippen molar-refractivity contribution in [3.63, 3.8) is 0 Å². The molecule has 0 atom stereocenters. The van der Waals surface area contributed by atoms with Crippen LogP contribution in [0.5, 0.6) is 11.5 Å². The monoisotopic (exact) mass is 504 g/mol. The topological polar surface area (TPSA) is 106 Å². The number of methoxy groups -OCH3 is 2. The Morgan fingerprint density at radius 2 is 1.68 bits per heavy atom. The van der Waals surface area contributed by atoms with Gasteiger partial charge in [-0.25, -0.2) is 4.68 Å². The molecule has 0 saturated carbocycles. The Hall–Kier alpha value is -4.05. The van der Waals surface area contributed by atoms with Crippen LogP contribution in [0.25, 0.3) is 5.69 Å². The van der Waals surface area contributed by atoms with Gasteiger partial charge in [0.1, 0.15) is 17.2 Å². The van der Waals surface area contributed by atoms with E-state index in [0.29, 0.717) is 42.2 Å². The van der Waals surface area contributed by atoms with Gasteiger partial charge in [-0.05, 0) is 42.8 Å². The number of nitrogens with zero attached hydrogens (tertiary/aromatic N) is 5. The van der Waals surface area contributed by atoms with Crippen molar-refractivity contribution < 1.29 is 19.1 Å². The fourth-order valence-corrected chi connectivity index (χ4v) is 5.09. The second-order valence-corrected chi connectivity index (χ2v) is 9.19. The van der Waals surface area contributed by atoms with Crippen molar-refractivity contribution >= 4 is 17.5 Å². The molecule has 2 aliphatic rings. The Labute approximate surface area is 216 Å². The first-order valence-electron chi connectivity index (χ1n) is 12.5. The molecule has 2 N–H and O–H groups in total. The quantitative estimate of drug-likeness (QED) is 0.499. The van der Waals surface area contributed by atoms with Gasteiger partial charge < -0.3 is 25.0 Å². The summed E-state index contributed by atoms with van der Waals surface area (Å²) in [6.07, 6.45) is 0.539. The van der Waals surface area contributed by atoms with Crippen LogP contribution < -0.4 is 20.1 Å². The smallest absolute Gasteiger partial charge is 0.272 e. The number of benzene rings is 2. The van der Waals surface area contributed by atoms with Gasteiger partial charge in [0.2, 0.25) is 0 Å². The van der Waals surface area contributed by atoms with Crippen molar-refractivity contribution in [3.05, 3.63) is 65.5 Å². The lowest BCUT2D eigenvalue weighted by atomic mass is 10.0. The molecule has 194 valence electrons. The highest BCUT2D eigenvalue weighted by atomic mass is 16.5. The van der Waals surface area contributed by atoms with Gasteiger partial charge in [0, 0.05) is 51.4 Å². The van der Waals surface area contributed by atoms with Crippen LogP contribution in [-0.4, -0.2) is 91.4 Å². The van der Waals surface area contributed by atoms with Gasteiger partial charge in [0.15, 0.2) is 5.69 Å². The number of anilines is 1. The Morgan fingerprint density at radius 3 is 2.35 bits per heavy atom. The Kier molecular flexibility index (Phi) is 7.00. The number of hydrogen-bond acceptors (Lipinski definition) is 7. The summed E-state index contributed by atoms with van der Waals surface area (Å²) in [4.78, 5) is 32.3. The van der Waals surface area contributed by atoms with E-state index in [1.807, 2.05) is 35.2 Å². The molecule has 10 heteroatoms. The van der Waals surface area contributed by atoms with Crippen LogP contribution in [0.2, 0.25) is 0 Å². The number of hydrogen-bond donors (Lipinski definition) is 1. The fraction of sp³-hybridized carbons (Fsp3) is 0.370. The van der Waals surface area contributed by atoms with Crippen molar-refractivity contribution in [2.45, 2.75) is 6.42 Å². The molecule has 0 unspecified atom stereocenters. The van der Waals surface area contributed by atoms with Crippen LogP contribution in [0, 0.1) is 0 Å². The fourth-order valence-electron chi connectivity index (χ4n) is 5.09. The number of carbonyl (C=O) groups excluding carboxylic acids is 2. The van der Waals surface area contributed by atoms with Crippen LogP contribution in [0.4, 0.5) is 5.69 Å². The van der Waals surface area contributed by atoms with E-state index in [1.165, 1.54) is 4.68 Å². The van der Waals surface area contributed by atoms with E-state index >= 15 is 0 Å². The normalized spacial score (nSPS) is 16.0. The average Bonchev–Trinajstić information content (AvgIpc) is 3.34. The number of para-hydroxylation sites is 2. The third-order valence-corrected chi connectivity index (χ3v) is 7.14. The predicted octanol–water partition coefficient (Wildman–Crippen LogP) is 1.81. The highest BCUT2D eigenvalue weighted by molar-refractivity contribution is 6.01. The highest BCUT2D eigenvalue weighted by Crippen LogP contribution is 2.29. The van der Waals surface area contributed by atoms with Gasteiger partial charge in [0.05, 0.1) is 25.6 Å². The highest BCUT2D eigenvalue weighted by Gasteiger charge is 2.34. The molecule has 3 heterocycles. The number of carbonyl (C=O) groups is 2. The Bertz CT molecular complexity index is 1280. The summed E-state index contributed by atoms with van der Waals surface area (Å²) in [5.41, 5.74) is 8.58. The van der Waals surface area contributed by atoms with Crippen LogP contribution in [0.3, 0.4) is 0 Å². The average molecular weight is 505 g/mol. The van der Waals surface area contributed by atoms with E-state index < -0.39 is 5.91 Å². The van der Waals surface area contributed by atoms with E-state index in [-0.39, 0.29) is 11.6 Å². The SMILES string of the molecule is COc1ccc(-n2nc(C(N)=O)c3c2C(=O)N(CCN2CCN(c4ccccc4OC)CC2)CC3)cc1. The van der Waals surface area contributed by atoms with Crippen molar-refractivity contribution in [3.8, 4) is 17.2 Å². The van der Waals surface area contributed by atoms with Crippen molar-refractivity contribution in [1.82, 2.24) is 19.6 Å². The van der Waals surface area contributed by atoms with Gasteiger partial charge in [-0.3, -0.25) is 14.5 Å². The van der Waals surface area contributed by atoms with Gasteiger partial charge in [-0.2, -0.15) is 5.10 Å². The molecule has 3 aromatic rings. The van der Waals surface area contributed by atoms with E-state index in [1.54, 1.807) is 26.4 Å². The molecule has 10 nitrogen and oxygen atoms in total. The minimum Gasteiger partial charge on any atom is -0.497 e. The number of amides is 2. The summed E-state index contributed by atoms with van der Waals surface area (Å²) in [6.45, 7) is 5.51. The number of fused-ring (bicyclic) bond motifs is 1. The molecular formula is C27H32N6O4. The Balaban J connectivity index is 1.27. The van der Waals surface area contributed by atoms with Gasteiger partial charge in [-0.15, -0.1) is 0 Å². The molecule has 0 aliphatic carbocycles. The molecule has 0 radical (unpaired) electrons. The van der Waals surface area contributed by atoms with Crippen LogP contribution in [0.15, 0.2) is 48.5 Å². The summed E-state index contributed by atoms with van der Waals surface area (Å²) < 4.78 is 12.3. The molecule has 2 aliphatic heterocycles. The van der Waals surface area contributed by atoms with E-state index in [0.717, 1.165) is 44.2 Å². The molecule has 0 spiro atoms. The summed E-state index contributed by atoms with van der Waals surface area (Å²) in [7, 11) is 3.29. The molecular weight excluding hydrogens is 472 g/mol. The molecule has 37 heavy (non-hydrogen) atoms.